The van der Waals surface area contributed by atoms with E-state index in [4.69, 9.17) is 0 Å². The molecule has 0 aromatic heterocycles. The predicted octanol–water partition coefficient (Wildman–Crippen LogP) is 2.11. The molecule has 0 fully saturated rings. The van der Waals surface area contributed by atoms with Gasteiger partial charge in [0.2, 0.25) is 0 Å². The van der Waals surface area contributed by atoms with Crippen LogP contribution in [0.15, 0.2) is 30.3 Å². The highest BCUT2D eigenvalue weighted by Gasteiger charge is 1.72. The fourth-order valence-corrected chi connectivity index (χ4v) is 0.675. The Hall–Kier alpha value is 0.0800. The molecule has 10 heavy (non-hydrogen) atoms. The normalized spacial score (nSPS) is 7.90. The van der Waals surface area contributed by atoms with Crippen LogP contribution in [-0.2, 0) is 0 Å². The predicted molar refractivity (Wildman–Crippen MR) is 55.9 cm³/mol. The van der Waals surface area contributed by atoms with Crippen LogP contribution in [-0.4, -0.2) is 13.3 Å². The zero-order valence-corrected chi connectivity index (χ0v) is 8.62. The zero-order chi connectivity index (χ0) is 7.82. The molecule has 0 aliphatic rings. The molecule has 0 heterocycles. The van der Waals surface area contributed by atoms with Crippen LogP contribution in [0.5, 0.6) is 0 Å². The molecule has 1 aromatic carbocycles. The summed E-state index contributed by atoms with van der Waals surface area (Å²) in [5, 5.41) is 1.24. The Balaban J connectivity index is 0.000000236. The van der Waals surface area contributed by atoms with E-state index in [0.29, 0.717) is 0 Å². The van der Waals surface area contributed by atoms with Crippen molar-refractivity contribution in [3.05, 3.63) is 30.3 Å². The second-order valence-corrected chi connectivity index (χ2v) is 3.58. The van der Waals surface area contributed by atoms with Gasteiger partial charge < -0.3 is 0 Å². The van der Waals surface area contributed by atoms with E-state index in [9.17, 15) is 0 Å². The van der Waals surface area contributed by atoms with Crippen LogP contribution in [0.3, 0.4) is 0 Å². The van der Waals surface area contributed by atoms with Crippen molar-refractivity contribution in [2.45, 2.75) is 0 Å². The summed E-state index contributed by atoms with van der Waals surface area (Å²) in [6, 6.07) is 10.1. The maximum absolute atomic E-state index is 2.63. The molecule has 0 nitrogen and oxygen atoms in total. The standard InChI is InChI=1S/C6H7P.C2H7P/c7-6-4-2-1-3-5-6;1-3-2/h1-5H,7H2;3H,1-2H3. The second-order valence-electron chi connectivity index (χ2n) is 1.91. The lowest BCUT2D eigenvalue weighted by atomic mass is 10.4. The van der Waals surface area contributed by atoms with Gasteiger partial charge in [0.25, 0.3) is 0 Å². The molecule has 0 N–H and O–H groups in total. The molecule has 1 unspecified atom stereocenters. The third kappa shape index (κ3) is 6.20. The fourth-order valence-electron chi connectivity index (χ4n) is 0.453. The van der Waals surface area contributed by atoms with Gasteiger partial charge in [0.15, 0.2) is 0 Å². The molecule has 1 rings (SSSR count). The summed E-state index contributed by atoms with van der Waals surface area (Å²) in [7, 11) is 3.71. The molecule has 0 aliphatic carbocycles. The summed E-state index contributed by atoms with van der Waals surface area (Å²) in [6.07, 6.45) is 0. The number of rotatable bonds is 0. The van der Waals surface area contributed by atoms with Crippen molar-refractivity contribution in [2.24, 2.45) is 0 Å². The summed E-state index contributed by atoms with van der Waals surface area (Å²) >= 11 is 0. The number of hydrogen-bond donors (Lipinski definition) is 0. The molecule has 0 radical (unpaired) electrons. The molecule has 0 spiro atoms. The number of hydrogen-bond acceptors (Lipinski definition) is 0. The molecule has 0 amide bonds. The third-order valence-corrected chi connectivity index (χ3v) is 1.18. The van der Waals surface area contributed by atoms with E-state index in [-0.39, 0.29) is 0 Å². The second kappa shape index (κ2) is 7.19. The van der Waals surface area contributed by atoms with E-state index >= 15 is 0 Å². The number of benzene rings is 1. The van der Waals surface area contributed by atoms with Gasteiger partial charge in [-0.25, -0.2) is 0 Å². The Kier molecular flexibility index (Phi) is 7.25. The van der Waals surface area contributed by atoms with Gasteiger partial charge in [0, 0.05) is 0 Å². The minimum atomic E-state index is 1.08. The van der Waals surface area contributed by atoms with Crippen LogP contribution >= 0.6 is 17.8 Å². The molecule has 0 saturated heterocycles. The largest absolute Gasteiger partial charge is 0.129 e. The lowest BCUT2D eigenvalue weighted by molar-refractivity contribution is 1.78. The van der Waals surface area contributed by atoms with Crippen LogP contribution < -0.4 is 5.30 Å². The van der Waals surface area contributed by atoms with Crippen molar-refractivity contribution in [1.82, 2.24) is 0 Å². The SMILES string of the molecule is CPC.Pc1ccccc1. The average Bonchev–Trinajstić information content (AvgIpc) is 1.91. The molecule has 1 aromatic rings. The van der Waals surface area contributed by atoms with Crippen molar-refractivity contribution >= 4 is 23.1 Å². The molecule has 1 atom stereocenters. The first-order valence-corrected chi connectivity index (χ1v) is 5.78. The monoisotopic (exact) mass is 172 g/mol. The van der Waals surface area contributed by atoms with Crippen molar-refractivity contribution in [2.75, 3.05) is 13.3 Å². The summed E-state index contributed by atoms with van der Waals surface area (Å²) in [5.74, 6) is 0. The van der Waals surface area contributed by atoms with Gasteiger partial charge in [-0.05, 0) is 18.6 Å². The molecular weight excluding hydrogens is 158 g/mol. The van der Waals surface area contributed by atoms with Gasteiger partial charge in [-0.1, -0.05) is 30.3 Å². The minimum Gasteiger partial charge on any atom is -0.129 e. The van der Waals surface area contributed by atoms with E-state index in [0.717, 1.165) is 8.58 Å². The fraction of sp³-hybridized carbons (Fsp3) is 0.250. The molecule has 0 saturated carbocycles. The van der Waals surface area contributed by atoms with Crippen molar-refractivity contribution < 1.29 is 0 Å². The maximum atomic E-state index is 2.63. The minimum absolute atomic E-state index is 1.08. The van der Waals surface area contributed by atoms with E-state index in [1.54, 1.807) is 0 Å². The Labute approximate surface area is 67.4 Å². The lowest BCUT2D eigenvalue weighted by Gasteiger charge is -1.82. The summed E-state index contributed by atoms with van der Waals surface area (Å²) in [4.78, 5) is 0. The van der Waals surface area contributed by atoms with Crippen molar-refractivity contribution in [1.29, 1.82) is 0 Å². The van der Waals surface area contributed by atoms with Gasteiger partial charge in [-0.15, -0.1) is 17.8 Å². The van der Waals surface area contributed by atoms with Crippen LogP contribution in [0.4, 0.5) is 0 Å². The molecule has 0 aliphatic heterocycles. The molecular formula is C8H14P2. The first-order chi connectivity index (χ1) is 4.81. The Morgan fingerprint density at radius 2 is 1.50 bits per heavy atom. The summed E-state index contributed by atoms with van der Waals surface area (Å²) < 4.78 is 0. The van der Waals surface area contributed by atoms with E-state index < -0.39 is 0 Å². The van der Waals surface area contributed by atoms with Gasteiger partial charge in [-0.2, -0.15) is 0 Å². The van der Waals surface area contributed by atoms with Gasteiger partial charge >= 0.3 is 0 Å². The summed E-state index contributed by atoms with van der Waals surface area (Å²) in [5.41, 5.74) is 0. The lowest BCUT2D eigenvalue weighted by Crippen LogP contribution is -1.82. The Morgan fingerprint density at radius 3 is 1.70 bits per heavy atom. The first kappa shape index (κ1) is 10.1. The van der Waals surface area contributed by atoms with E-state index in [1.807, 2.05) is 30.3 Å². The average molecular weight is 172 g/mol. The van der Waals surface area contributed by atoms with Crippen molar-refractivity contribution in [3.8, 4) is 0 Å². The highest BCUT2D eigenvalue weighted by Crippen LogP contribution is 1.86. The smallest absolute Gasteiger partial charge is 0.0303 e. The van der Waals surface area contributed by atoms with Crippen LogP contribution in [0.25, 0.3) is 0 Å². The quantitative estimate of drug-likeness (QED) is 0.526. The molecule has 0 bridgehead atoms. The maximum Gasteiger partial charge on any atom is -0.0303 e. The van der Waals surface area contributed by atoms with E-state index in [2.05, 4.69) is 22.6 Å². The van der Waals surface area contributed by atoms with Crippen LogP contribution in [0.2, 0.25) is 0 Å². The molecule has 56 valence electrons. The molecule has 2 heteroatoms. The Bertz CT molecular complexity index is 149. The topological polar surface area (TPSA) is 0 Å². The van der Waals surface area contributed by atoms with Gasteiger partial charge in [0.05, 0.1) is 0 Å². The van der Waals surface area contributed by atoms with E-state index in [1.165, 1.54) is 5.30 Å². The van der Waals surface area contributed by atoms with Crippen molar-refractivity contribution in [3.63, 3.8) is 0 Å². The summed E-state index contributed by atoms with van der Waals surface area (Å²) in [6.45, 7) is 4.31. The van der Waals surface area contributed by atoms with Crippen LogP contribution in [0.1, 0.15) is 0 Å². The zero-order valence-electron chi connectivity index (χ0n) is 6.46. The highest BCUT2D eigenvalue weighted by molar-refractivity contribution is 7.35. The first-order valence-electron chi connectivity index (χ1n) is 3.20. The third-order valence-electron chi connectivity index (χ3n) is 0.800. The van der Waals surface area contributed by atoms with Crippen LogP contribution in [0, 0.1) is 0 Å². The van der Waals surface area contributed by atoms with Gasteiger partial charge in [0.1, 0.15) is 0 Å². The highest BCUT2D eigenvalue weighted by atomic mass is 31.1. The van der Waals surface area contributed by atoms with Gasteiger partial charge in [-0.3, -0.25) is 0 Å². The Morgan fingerprint density at radius 1 is 1.10 bits per heavy atom.